The van der Waals surface area contributed by atoms with Crippen molar-refractivity contribution in [3.8, 4) is 0 Å². The fraction of sp³-hybridized carbons (Fsp3) is 0.138. The van der Waals surface area contributed by atoms with Gasteiger partial charge < -0.3 is 5.32 Å². The highest BCUT2D eigenvalue weighted by molar-refractivity contribution is 7.98. The molecule has 0 unspecified atom stereocenters. The average Bonchev–Trinajstić information content (AvgIpc) is 2.95. The molecule has 40 heavy (non-hydrogen) atoms. The maximum atomic E-state index is 13.2. The zero-order valence-electron chi connectivity index (χ0n) is 22.2. The van der Waals surface area contributed by atoms with Crippen molar-refractivity contribution >= 4 is 54.8 Å². The largest absolute Gasteiger partial charge is 0.322 e. The van der Waals surface area contributed by atoms with E-state index < -0.39 is 26.0 Å². The lowest BCUT2D eigenvalue weighted by Gasteiger charge is -2.23. The van der Waals surface area contributed by atoms with Crippen LogP contribution in [0.5, 0.6) is 0 Å². The van der Waals surface area contributed by atoms with Crippen LogP contribution in [-0.2, 0) is 20.0 Å². The van der Waals surface area contributed by atoms with Gasteiger partial charge in [-0.15, -0.1) is 11.8 Å². The second-order valence-corrected chi connectivity index (χ2v) is 13.3. The van der Waals surface area contributed by atoms with Crippen molar-refractivity contribution in [1.29, 1.82) is 0 Å². The minimum Gasteiger partial charge on any atom is -0.322 e. The predicted molar refractivity (Wildman–Crippen MR) is 161 cm³/mol. The Morgan fingerprint density at radius 3 is 1.85 bits per heavy atom. The second-order valence-electron chi connectivity index (χ2n) is 8.84. The number of hydrogen-bond acceptors (Lipinski definition) is 6. The molecule has 0 heterocycles. The van der Waals surface area contributed by atoms with Gasteiger partial charge in [-0.05, 0) is 105 Å². The SMILES string of the molecule is CCN(c1ccc(C(=O)Nc2ccc(S(=O)(=O)Nc3ccc(C)cc3)cc2)cc1)S(=O)(=O)c1ccc(SC)cc1. The fourth-order valence-electron chi connectivity index (χ4n) is 3.90. The lowest BCUT2D eigenvalue weighted by molar-refractivity contribution is 0.102. The van der Waals surface area contributed by atoms with Gasteiger partial charge in [-0.3, -0.25) is 13.8 Å². The average molecular weight is 596 g/mol. The van der Waals surface area contributed by atoms with Crippen LogP contribution in [0.4, 0.5) is 17.1 Å². The molecule has 0 fully saturated rings. The smallest absolute Gasteiger partial charge is 0.264 e. The van der Waals surface area contributed by atoms with Crippen LogP contribution in [0.15, 0.2) is 112 Å². The first-order valence-corrected chi connectivity index (χ1v) is 16.5. The number of nitrogens with zero attached hydrogens (tertiary/aromatic N) is 1. The van der Waals surface area contributed by atoms with Gasteiger partial charge in [0, 0.05) is 28.4 Å². The number of carbonyl (C=O) groups excluding carboxylic acids is 1. The van der Waals surface area contributed by atoms with E-state index in [1.807, 2.05) is 25.3 Å². The Hall–Kier alpha value is -3.80. The molecule has 0 spiro atoms. The van der Waals surface area contributed by atoms with Gasteiger partial charge in [0.1, 0.15) is 0 Å². The number of nitrogens with one attached hydrogen (secondary N) is 2. The Balaban J connectivity index is 1.44. The van der Waals surface area contributed by atoms with E-state index in [1.54, 1.807) is 67.6 Å². The summed E-state index contributed by atoms with van der Waals surface area (Å²) in [6, 6.07) is 25.8. The lowest BCUT2D eigenvalue weighted by atomic mass is 10.2. The number of benzene rings is 4. The van der Waals surface area contributed by atoms with E-state index in [-0.39, 0.29) is 16.3 Å². The van der Waals surface area contributed by atoms with Gasteiger partial charge in [0.25, 0.3) is 26.0 Å². The summed E-state index contributed by atoms with van der Waals surface area (Å²) in [5, 5.41) is 2.73. The van der Waals surface area contributed by atoms with Crippen molar-refractivity contribution in [3.63, 3.8) is 0 Å². The van der Waals surface area contributed by atoms with Crippen LogP contribution < -0.4 is 14.3 Å². The maximum Gasteiger partial charge on any atom is 0.264 e. The molecule has 0 atom stereocenters. The summed E-state index contributed by atoms with van der Waals surface area (Å²) in [6.07, 6.45) is 1.92. The standard InChI is InChI=1S/C29H29N3O5S3/c1-4-32(40(36,37)28-19-15-26(38-3)16-20-28)25-13-7-22(8-14-25)29(33)30-23-11-17-27(18-12-23)39(34,35)31-24-9-5-21(2)6-10-24/h5-20,31H,4H2,1-3H3,(H,30,33). The van der Waals surface area contributed by atoms with Crippen LogP contribution in [0.3, 0.4) is 0 Å². The van der Waals surface area contributed by atoms with Gasteiger partial charge >= 0.3 is 0 Å². The molecule has 0 aliphatic carbocycles. The molecule has 208 valence electrons. The number of rotatable bonds is 10. The van der Waals surface area contributed by atoms with E-state index >= 15 is 0 Å². The number of aryl methyl sites for hydroxylation is 1. The van der Waals surface area contributed by atoms with Crippen LogP contribution in [0, 0.1) is 6.92 Å². The van der Waals surface area contributed by atoms with Crippen molar-refractivity contribution in [3.05, 3.63) is 108 Å². The predicted octanol–water partition coefficient (Wildman–Crippen LogP) is 5.99. The molecule has 0 aromatic heterocycles. The van der Waals surface area contributed by atoms with E-state index in [4.69, 9.17) is 0 Å². The van der Waals surface area contributed by atoms with Gasteiger partial charge in [-0.25, -0.2) is 16.8 Å². The minimum atomic E-state index is -3.79. The van der Waals surface area contributed by atoms with Crippen molar-refractivity contribution in [2.45, 2.75) is 28.5 Å². The fourth-order valence-corrected chi connectivity index (χ4v) is 6.84. The number of sulfonamides is 2. The summed E-state index contributed by atoms with van der Waals surface area (Å²) in [6.45, 7) is 3.87. The molecule has 8 nitrogen and oxygen atoms in total. The zero-order chi connectivity index (χ0) is 28.9. The topological polar surface area (TPSA) is 113 Å². The molecule has 4 aromatic rings. The van der Waals surface area contributed by atoms with Crippen LogP contribution in [0.25, 0.3) is 0 Å². The van der Waals surface area contributed by atoms with Gasteiger partial charge in [0.15, 0.2) is 0 Å². The van der Waals surface area contributed by atoms with Gasteiger partial charge in [-0.2, -0.15) is 0 Å². The quantitative estimate of drug-likeness (QED) is 0.218. The Morgan fingerprint density at radius 2 is 1.30 bits per heavy atom. The molecule has 11 heteroatoms. The molecule has 0 aliphatic rings. The zero-order valence-corrected chi connectivity index (χ0v) is 24.6. The Morgan fingerprint density at radius 1 is 0.750 bits per heavy atom. The highest BCUT2D eigenvalue weighted by Crippen LogP contribution is 2.26. The van der Waals surface area contributed by atoms with Gasteiger partial charge in [0.05, 0.1) is 15.5 Å². The van der Waals surface area contributed by atoms with Gasteiger partial charge in [-0.1, -0.05) is 17.7 Å². The molecule has 1 amide bonds. The first-order valence-electron chi connectivity index (χ1n) is 12.3. The van der Waals surface area contributed by atoms with Crippen molar-refractivity contribution in [1.82, 2.24) is 0 Å². The third kappa shape index (κ3) is 6.67. The van der Waals surface area contributed by atoms with E-state index in [0.717, 1.165) is 10.5 Å². The molecule has 0 bridgehead atoms. The molecule has 4 rings (SSSR count). The van der Waals surface area contributed by atoms with E-state index in [1.165, 1.54) is 40.3 Å². The highest BCUT2D eigenvalue weighted by Gasteiger charge is 2.24. The first kappa shape index (κ1) is 29.2. The van der Waals surface area contributed by atoms with E-state index in [9.17, 15) is 21.6 Å². The summed E-state index contributed by atoms with van der Waals surface area (Å²) in [4.78, 5) is 14.0. The number of carbonyl (C=O) groups is 1. The van der Waals surface area contributed by atoms with Crippen molar-refractivity contribution < 1.29 is 21.6 Å². The molecular formula is C29H29N3O5S3. The van der Waals surface area contributed by atoms with Crippen LogP contribution in [-0.4, -0.2) is 35.5 Å². The third-order valence-electron chi connectivity index (χ3n) is 6.08. The maximum absolute atomic E-state index is 13.2. The molecule has 4 aromatic carbocycles. The number of thioether (sulfide) groups is 1. The Labute approximate surface area is 239 Å². The minimum absolute atomic E-state index is 0.0550. The van der Waals surface area contributed by atoms with Gasteiger partial charge in [0.2, 0.25) is 0 Å². The molecule has 2 N–H and O–H groups in total. The van der Waals surface area contributed by atoms with Crippen LogP contribution in [0.2, 0.25) is 0 Å². The number of anilines is 3. The summed E-state index contributed by atoms with van der Waals surface area (Å²) >= 11 is 1.53. The normalized spacial score (nSPS) is 11.6. The third-order valence-corrected chi connectivity index (χ3v) is 10.1. The summed E-state index contributed by atoms with van der Waals surface area (Å²) in [5.74, 6) is -0.418. The monoisotopic (exact) mass is 595 g/mol. The number of hydrogen-bond donors (Lipinski definition) is 2. The first-order chi connectivity index (χ1) is 19.0. The van der Waals surface area contributed by atoms with Crippen molar-refractivity contribution in [2.24, 2.45) is 0 Å². The Kier molecular flexibility index (Phi) is 8.87. The summed E-state index contributed by atoms with van der Waals surface area (Å²) in [5.41, 5.74) is 2.63. The highest BCUT2D eigenvalue weighted by atomic mass is 32.2. The van der Waals surface area contributed by atoms with E-state index in [0.29, 0.717) is 22.6 Å². The Bertz CT molecular complexity index is 1690. The lowest BCUT2D eigenvalue weighted by Crippen LogP contribution is -2.30. The number of amides is 1. The molecule has 0 saturated heterocycles. The van der Waals surface area contributed by atoms with Crippen LogP contribution >= 0.6 is 11.8 Å². The molecular weight excluding hydrogens is 567 g/mol. The molecule has 0 radical (unpaired) electrons. The molecule has 0 aliphatic heterocycles. The second kappa shape index (κ2) is 12.2. The summed E-state index contributed by atoms with van der Waals surface area (Å²) < 4.78 is 55.7. The van der Waals surface area contributed by atoms with E-state index in [2.05, 4.69) is 10.0 Å². The summed E-state index contributed by atoms with van der Waals surface area (Å²) in [7, 11) is -7.57. The van der Waals surface area contributed by atoms with Crippen LogP contribution in [0.1, 0.15) is 22.8 Å². The van der Waals surface area contributed by atoms with Crippen molar-refractivity contribution in [2.75, 3.05) is 27.1 Å². The molecule has 0 saturated carbocycles.